The molecule has 1 aliphatic rings. The second kappa shape index (κ2) is 13.2. The number of nitrogens with zero attached hydrogens (tertiary/aromatic N) is 2. The molecule has 1 aromatic rings. The summed E-state index contributed by atoms with van der Waals surface area (Å²) in [5, 5.41) is 15.5. The maximum Gasteiger partial charge on any atom is 0.339 e. The van der Waals surface area contributed by atoms with Crippen LogP contribution in [-0.2, 0) is 4.79 Å². The van der Waals surface area contributed by atoms with Crippen LogP contribution in [0.2, 0.25) is 0 Å². The minimum atomic E-state index is -0.578. The van der Waals surface area contributed by atoms with Gasteiger partial charge in [-0.15, -0.1) is 11.8 Å². The van der Waals surface area contributed by atoms with Crippen molar-refractivity contribution in [1.29, 1.82) is 0 Å². The van der Waals surface area contributed by atoms with Gasteiger partial charge in [-0.05, 0) is 19.8 Å². The van der Waals surface area contributed by atoms with Crippen molar-refractivity contribution in [3.63, 3.8) is 0 Å². The fourth-order valence-electron chi connectivity index (χ4n) is 3.21. The fraction of sp³-hybridized carbons (Fsp3) is 0.636. The molecule has 9 heteroatoms. The summed E-state index contributed by atoms with van der Waals surface area (Å²) in [6.45, 7) is 6.35. The minimum absolute atomic E-state index is 0.253. The summed E-state index contributed by atoms with van der Waals surface area (Å²) >= 11 is 1.37. The number of hydrogen-bond acceptors (Lipinski definition) is 8. The third-order valence-electron chi connectivity index (χ3n) is 4.93. The van der Waals surface area contributed by atoms with Gasteiger partial charge >= 0.3 is 5.63 Å². The van der Waals surface area contributed by atoms with Gasteiger partial charge in [0.15, 0.2) is 0 Å². The molecule has 2 N–H and O–H groups in total. The van der Waals surface area contributed by atoms with Crippen molar-refractivity contribution < 1.29 is 19.2 Å². The molecule has 1 aliphatic heterocycles. The summed E-state index contributed by atoms with van der Waals surface area (Å²) in [6.07, 6.45) is 7.02. The quantitative estimate of drug-likeness (QED) is 0.200. The Morgan fingerprint density at radius 1 is 1.32 bits per heavy atom. The normalized spacial score (nSPS) is 17.3. The maximum absolute atomic E-state index is 12.7. The van der Waals surface area contributed by atoms with E-state index in [-0.39, 0.29) is 5.91 Å². The van der Waals surface area contributed by atoms with Gasteiger partial charge in [-0.2, -0.15) is 0 Å². The number of thioether (sulfide) groups is 1. The van der Waals surface area contributed by atoms with Crippen molar-refractivity contribution in [3.8, 4) is 5.75 Å². The first-order valence-corrected chi connectivity index (χ1v) is 11.9. The molecule has 0 spiro atoms. The SMILES string of the molecule is CCCCCCCOc1cc(C(CCC)NC(=O)C2CSC(/C(C)=N/O)=N2)oc(=O)c1. The van der Waals surface area contributed by atoms with Crippen LogP contribution in [0.5, 0.6) is 5.75 Å². The Balaban J connectivity index is 2.03. The second-order valence-corrected chi connectivity index (χ2v) is 8.58. The molecule has 2 rings (SSSR count). The molecule has 0 bridgehead atoms. The molecule has 2 atom stereocenters. The van der Waals surface area contributed by atoms with Gasteiger partial charge < -0.3 is 19.7 Å². The Labute approximate surface area is 187 Å². The van der Waals surface area contributed by atoms with Crippen molar-refractivity contribution in [1.82, 2.24) is 5.32 Å². The van der Waals surface area contributed by atoms with E-state index in [1.54, 1.807) is 13.0 Å². The van der Waals surface area contributed by atoms with Crippen LogP contribution in [0, 0.1) is 0 Å². The summed E-state index contributed by atoms with van der Waals surface area (Å²) in [5.41, 5.74) is -0.115. The van der Waals surface area contributed by atoms with Crippen LogP contribution in [0.1, 0.15) is 77.5 Å². The zero-order valence-electron chi connectivity index (χ0n) is 18.6. The molecule has 2 heterocycles. The Kier molecular flexibility index (Phi) is 10.6. The lowest BCUT2D eigenvalue weighted by Gasteiger charge is -2.19. The lowest BCUT2D eigenvalue weighted by atomic mass is 10.1. The van der Waals surface area contributed by atoms with Crippen LogP contribution >= 0.6 is 11.8 Å². The van der Waals surface area contributed by atoms with Crippen molar-refractivity contribution in [2.24, 2.45) is 10.1 Å². The summed E-state index contributed by atoms with van der Waals surface area (Å²) in [7, 11) is 0. The number of unbranched alkanes of at least 4 members (excludes halogenated alkanes) is 4. The molecule has 0 radical (unpaired) electrons. The van der Waals surface area contributed by atoms with Crippen molar-refractivity contribution in [3.05, 3.63) is 28.3 Å². The van der Waals surface area contributed by atoms with Crippen LogP contribution in [0.3, 0.4) is 0 Å². The molecular weight excluding hydrogens is 418 g/mol. The Bertz CT molecular complexity index is 837. The van der Waals surface area contributed by atoms with Crippen LogP contribution in [0.25, 0.3) is 0 Å². The number of carbonyl (C=O) groups is 1. The lowest BCUT2D eigenvalue weighted by molar-refractivity contribution is -0.122. The Morgan fingerprint density at radius 2 is 2.10 bits per heavy atom. The Hall–Kier alpha value is -2.29. The van der Waals surface area contributed by atoms with Crippen LogP contribution < -0.4 is 15.7 Å². The summed E-state index contributed by atoms with van der Waals surface area (Å²) in [5.74, 6) is 1.06. The lowest BCUT2D eigenvalue weighted by Crippen LogP contribution is -2.37. The molecule has 31 heavy (non-hydrogen) atoms. The van der Waals surface area contributed by atoms with Crippen molar-refractivity contribution in [2.45, 2.75) is 77.8 Å². The van der Waals surface area contributed by atoms with E-state index < -0.39 is 17.7 Å². The molecule has 8 nitrogen and oxygen atoms in total. The maximum atomic E-state index is 12.7. The number of amides is 1. The van der Waals surface area contributed by atoms with Gasteiger partial charge in [0.25, 0.3) is 0 Å². The van der Waals surface area contributed by atoms with E-state index in [0.717, 1.165) is 19.3 Å². The molecule has 0 saturated carbocycles. The minimum Gasteiger partial charge on any atom is -0.493 e. The van der Waals surface area contributed by atoms with Crippen LogP contribution in [-0.4, -0.2) is 40.3 Å². The summed E-state index contributed by atoms with van der Waals surface area (Å²) in [4.78, 5) is 29.1. The smallest absolute Gasteiger partial charge is 0.339 e. The molecule has 1 aromatic heterocycles. The van der Waals surface area contributed by atoms with Gasteiger partial charge in [-0.3, -0.25) is 9.79 Å². The highest BCUT2D eigenvalue weighted by molar-refractivity contribution is 8.16. The van der Waals surface area contributed by atoms with Crippen molar-refractivity contribution >= 4 is 28.4 Å². The van der Waals surface area contributed by atoms with Gasteiger partial charge in [0.05, 0.1) is 18.7 Å². The average molecular weight is 452 g/mol. The van der Waals surface area contributed by atoms with E-state index in [4.69, 9.17) is 14.4 Å². The van der Waals surface area contributed by atoms with E-state index >= 15 is 0 Å². The van der Waals surface area contributed by atoms with E-state index in [2.05, 4.69) is 22.4 Å². The highest BCUT2D eigenvalue weighted by atomic mass is 32.2. The van der Waals surface area contributed by atoms with Gasteiger partial charge in [0.1, 0.15) is 28.3 Å². The molecular formula is C22H33N3O5S. The molecule has 0 fully saturated rings. The predicted octanol–water partition coefficient (Wildman–Crippen LogP) is 4.31. The first-order valence-electron chi connectivity index (χ1n) is 11.0. The topological polar surface area (TPSA) is 113 Å². The van der Waals surface area contributed by atoms with Crippen LogP contribution in [0.4, 0.5) is 0 Å². The highest BCUT2D eigenvalue weighted by Gasteiger charge is 2.29. The molecule has 2 unspecified atom stereocenters. The number of carbonyl (C=O) groups excluding carboxylic acids is 1. The third kappa shape index (κ3) is 8.05. The number of hydrogen-bond donors (Lipinski definition) is 2. The fourth-order valence-corrected chi connectivity index (χ4v) is 4.21. The van der Waals surface area contributed by atoms with Gasteiger partial charge in [0.2, 0.25) is 5.91 Å². The monoisotopic (exact) mass is 451 g/mol. The van der Waals surface area contributed by atoms with E-state index in [0.29, 0.717) is 41.0 Å². The predicted molar refractivity (Wildman–Crippen MR) is 124 cm³/mol. The summed E-state index contributed by atoms with van der Waals surface area (Å²) in [6, 6.07) is 2.00. The molecule has 0 aliphatic carbocycles. The van der Waals surface area contributed by atoms with Gasteiger partial charge in [-0.25, -0.2) is 4.79 Å². The number of aliphatic imine (C=N–C) groups is 1. The molecule has 0 aromatic carbocycles. The zero-order chi connectivity index (χ0) is 22.6. The zero-order valence-corrected chi connectivity index (χ0v) is 19.4. The molecule has 0 saturated heterocycles. The number of ether oxygens (including phenoxy) is 1. The largest absolute Gasteiger partial charge is 0.493 e. The summed E-state index contributed by atoms with van der Waals surface area (Å²) < 4.78 is 11.1. The van der Waals surface area contributed by atoms with Gasteiger partial charge in [0, 0.05) is 11.8 Å². The second-order valence-electron chi connectivity index (χ2n) is 7.57. The highest BCUT2D eigenvalue weighted by Crippen LogP contribution is 2.24. The molecule has 172 valence electrons. The average Bonchev–Trinajstić information content (AvgIpc) is 3.25. The number of oxime groups is 1. The Morgan fingerprint density at radius 3 is 2.81 bits per heavy atom. The molecule has 1 amide bonds. The first-order chi connectivity index (χ1) is 15.0. The van der Waals surface area contributed by atoms with Crippen molar-refractivity contribution in [2.75, 3.05) is 12.4 Å². The third-order valence-corrected chi connectivity index (χ3v) is 6.09. The van der Waals surface area contributed by atoms with E-state index in [1.807, 2.05) is 6.92 Å². The van der Waals surface area contributed by atoms with Gasteiger partial charge in [-0.1, -0.05) is 51.1 Å². The van der Waals surface area contributed by atoms with Crippen LogP contribution in [0.15, 0.2) is 31.5 Å². The van der Waals surface area contributed by atoms with E-state index in [9.17, 15) is 9.59 Å². The number of rotatable bonds is 13. The standard InChI is InChI=1S/C22H33N3O5S/c1-4-6-7-8-9-11-29-16-12-19(30-20(26)13-16)17(10-5-2)23-21(27)18-14-31-22(24-18)15(3)25-28/h12-13,17-18,28H,4-11,14H2,1-3H3,(H,23,27)/b25-15+. The first kappa shape index (κ1) is 25.0. The number of nitrogens with one attached hydrogen (secondary N) is 1. The van der Waals surface area contributed by atoms with E-state index in [1.165, 1.54) is 37.1 Å².